The van der Waals surface area contributed by atoms with Gasteiger partial charge in [0, 0.05) is 49.0 Å². The van der Waals surface area contributed by atoms with E-state index >= 15 is 0 Å². The summed E-state index contributed by atoms with van der Waals surface area (Å²) in [4.78, 5) is 27.9. The summed E-state index contributed by atoms with van der Waals surface area (Å²) in [5.41, 5.74) is -0.536. The number of carbonyl (C=O) groups is 1. The maximum absolute atomic E-state index is 13.3. The molecular weight excluding hydrogens is 431 g/mol. The Kier molecular flexibility index (Phi) is 6.56. The van der Waals surface area contributed by atoms with Gasteiger partial charge in [0.15, 0.2) is 17.7 Å². The average molecular weight is 467 g/mol. The summed E-state index contributed by atoms with van der Waals surface area (Å²) >= 11 is 0. The Bertz CT molecular complexity index is 886. The summed E-state index contributed by atoms with van der Waals surface area (Å²) < 4.78 is 25.9. The topological polar surface area (TPSA) is 99.1 Å². The second-order valence-corrected chi connectivity index (χ2v) is 10.2. The quantitative estimate of drug-likeness (QED) is 0.480. The van der Waals surface area contributed by atoms with E-state index in [1.165, 1.54) is 12.3 Å². The van der Waals surface area contributed by atoms with Gasteiger partial charge in [-0.15, -0.1) is 0 Å². The lowest BCUT2D eigenvalue weighted by Crippen LogP contribution is -2.71. The molecule has 0 radical (unpaired) electrons. The first-order valence-corrected chi connectivity index (χ1v) is 11.9. The van der Waals surface area contributed by atoms with Gasteiger partial charge in [-0.25, -0.2) is 14.8 Å². The summed E-state index contributed by atoms with van der Waals surface area (Å²) in [5.74, 6) is -3.63. The van der Waals surface area contributed by atoms with Crippen molar-refractivity contribution in [3.63, 3.8) is 0 Å². The van der Waals surface area contributed by atoms with E-state index in [1.807, 2.05) is 13.8 Å². The zero-order chi connectivity index (χ0) is 24.0. The minimum Gasteiger partial charge on any atom is -0.365 e. The molecule has 184 valence electrons. The summed E-state index contributed by atoms with van der Waals surface area (Å²) in [7, 11) is 0. The van der Waals surface area contributed by atoms with Crippen LogP contribution in [0, 0.1) is 29.6 Å². The van der Waals surface area contributed by atoms with Gasteiger partial charge < -0.3 is 19.9 Å². The molecule has 0 saturated carbocycles. The van der Waals surface area contributed by atoms with Crippen molar-refractivity contribution < 1.29 is 33.5 Å². The van der Waals surface area contributed by atoms with Crippen molar-refractivity contribution >= 4 is 11.6 Å². The number of fused-ring (bicyclic) bond motifs is 3. The number of nitrogens with zero attached hydrogens (tertiary/aromatic N) is 1. The Morgan fingerprint density at radius 3 is 2.79 bits per heavy atom. The Balaban J connectivity index is 1.56. The molecular formula is C24H35FN2O6. The van der Waals surface area contributed by atoms with Gasteiger partial charge >= 0.3 is 0 Å². The van der Waals surface area contributed by atoms with Crippen LogP contribution in [0.5, 0.6) is 0 Å². The minimum absolute atomic E-state index is 0.0107. The van der Waals surface area contributed by atoms with Gasteiger partial charge in [0.05, 0.1) is 0 Å². The first-order chi connectivity index (χ1) is 15.5. The maximum Gasteiger partial charge on any atom is 0.224 e. The van der Waals surface area contributed by atoms with Crippen LogP contribution in [0.3, 0.4) is 0 Å². The Morgan fingerprint density at radius 2 is 2.12 bits per heavy atom. The number of hydrogen-bond acceptors (Lipinski definition) is 7. The van der Waals surface area contributed by atoms with Crippen LogP contribution in [0.25, 0.3) is 0 Å². The number of halogens is 1. The summed E-state index contributed by atoms with van der Waals surface area (Å²) in [6, 6.07) is 2.65. The third kappa shape index (κ3) is 4.30. The number of ether oxygens (including phenoxy) is 2. The lowest BCUT2D eigenvalue weighted by Gasteiger charge is -2.60. The fourth-order valence-corrected chi connectivity index (χ4v) is 5.95. The van der Waals surface area contributed by atoms with Gasteiger partial charge in [0.25, 0.3) is 0 Å². The highest BCUT2D eigenvalue weighted by atomic mass is 19.1. The predicted molar refractivity (Wildman–Crippen MR) is 117 cm³/mol. The molecule has 7 atom stereocenters. The number of aliphatic hydroxyl groups is 1. The smallest absolute Gasteiger partial charge is 0.224 e. The zero-order valence-corrected chi connectivity index (χ0v) is 20.0. The zero-order valence-electron chi connectivity index (χ0n) is 20.0. The van der Waals surface area contributed by atoms with E-state index in [-0.39, 0.29) is 36.5 Å². The van der Waals surface area contributed by atoms with Crippen molar-refractivity contribution in [2.75, 3.05) is 5.32 Å². The largest absolute Gasteiger partial charge is 0.365 e. The summed E-state index contributed by atoms with van der Waals surface area (Å²) in [6.07, 6.45) is 2.75. The maximum atomic E-state index is 13.3. The Hall–Kier alpha value is -1.65. The van der Waals surface area contributed by atoms with Gasteiger partial charge in [-0.05, 0) is 37.7 Å². The summed E-state index contributed by atoms with van der Waals surface area (Å²) in [5, 5.41) is 14.3. The second kappa shape index (κ2) is 8.85. The number of carbonyl (C=O) groups excluding carboxylic acids is 1. The molecule has 9 heteroatoms. The molecule has 0 aliphatic carbocycles. The first-order valence-electron chi connectivity index (χ1n) is 11.9. The number of pyridine rings is 1. The molecule has 5 rings (SSSR count). The third-order valence-electron chi connectivity index (χ3n) is 7.75. The average Bonchev–Trinajstić information content (AvgIpc) is 2.97. The lowest BCUT2D eigenvalue weighted by molar-refractivity contribution is -0.583. The van der Waals surface area contributed by atoms with Crippen molar-refractivity contribution in [3.05, 3.63) is 24.3 Å². The van der Waals surface area contributed by atoms with Crippen LogP contribution in [0.1, 0.15) is 66.7 Å². The Morgan fingerprint density at radius 1 is 1.36 bits per heavy atom. The van der Waals surface area contributed by atoms with Crippen molar-refractivity contribution in [2.45, 2.75) is 90.2 Å². The van der Waals surface area contributed by atoms with Crippen molar-refractivity contribution in [3.8, 4) is 0 Å². The van der Waals surface area contributed by atoms with Crippen LogP contribution in [-0.2, 0) is 24.0 Å². The number of rotatable bonds is 6. The van der Waals surface area contributed by atoms with E-state index in [0.717, 1.165) is 18.9 Å². The second-order valence-electron chi connectivity index (χ2n) is 10.2. The van der Waals surface area contributed by atoms with Gasteiger partial charge in [-0.2, -0.15) is 4.39 Å². The van der Waals surface area contributed by atoms with Crippen LogP contribution in [0.2, 0.25) is 0 Å². The summed E-state index contributed by atoms with van der Waals surface area (Å²) in [6.45, 7) is 10.1. The monoisotopic (exact) mass is 466 g/mol. The highest BCUT2D eigenvalue weighted by Crippen LogP contribution is 2.59. The standard InChI is InChI=1S/C24H35FN2O6/c1-6-17-15(4)23(29,11-8-20(28)27-16-9-12-26-19(25)13-16)31-21-24(17)18(14(2)3)7-10-22(5,30-21)32-33-24/h9,12-15,17-18,21,29H,6-8,10-11H2,1-5H3,(H,26,27,28)/t15-,17+,18+,21+,22+,23-,24+/m1/s1. The molecule has 1 aromatic heterocycles. The SMILES string of the molecule is CC[C@H]1[C@@H](C)[C@@](O)(CCC(=O)Nc2ccnc(F)c2)O[C@@H]2O[C@]3(C)CC[C@@H](C(C)C)[C@]21OO3. The normalized spacial score (nSPS) is 40.4. The van der Waals surface area contributed by atoms with E-state index < -0.39 is 29.4 Å². The van der Waals surface area contributed by atoms with Crippen molar-refractivity contribution in [1.82, 2.24) is 4.98 Å². The van der Waals surface area contributed by atoms with Crippen LogP contribution in [0.4, 0.5) is 10.1 Å². The molecule has 4 aliphatic heterocycles. The van der Waals surface area contributed by atoms with Crippen LogP contribution >= 0.6 is 0 Å². The minimum atomic E-state index is -1.59. The number of amides is 1. The fraction of sp³-hybridized carbons (Fsp3) is 0.750. The molecule has 33 heavy (non-hydrogen) atoms. The number of nitrogens with one attached hydrogen (secondary N) is 1. The third-order valence-corrected chi connectivity index (χ3v) is 7.75. The molecule has 0 unspecified atom stereocenters. The number of aromatic nitrogens is 1. The molecule has 4 saturated heterocycles. The van der Waals surface area contributed by atoms with Gasteiger partial charge in [-0.1, -0.05) is 27.7 Å². The van der Waals surface area contributed by atoms with Gasteiger partial charge in [0.1, 0.15) is 0 Å². The molecule has 4 fully saturated rings. The van der Waals surface area contributed by atoms with Crippen LogP contribution in [0.15, 0.2) is 18.3 Å². The van der Waals surface area contributed by atoms with Gasteiger partial charge in [-0.3, -0.25) is 4.79 Å². The van der Waals surface area contributed by atoms with E-state index in [9.17, 15) is 14.3 Å². The molecule has 1 amide bonds. The van der Waals surface area contributed by atoms with E-state index in [4.69, 9.17) is 19.2 Å². The van der Waals surface area contributed by atoms with E-state index in [1.54, 1.807) is 0 Å². The van der Waals surface area contributed by atoms with Gasteiger partial charge in [0.2, 0.25) is 17.6 Å². The molecule has 2 bridgehead atoms. The lowest BCUT2D eigenvalue weighted by atomic mass is 9.62. The highest BCUT2D eigenvalue weighted by Gasteiger charge is 2.69. The molecule has 1 spiro atoms. The molecule has 8 nitrogen and oxygen atoms in total. The van der Waals surface area contributed by atoms with Crippen LogP contribution < -0.4 is 5.32 Å². The first kappa shape index (κ1) is 24.5. The van der Waals surface area contributed by atoms with Crippen LogP contribution in [-0.4, -0.2) is 39.5 Å². The predicted octanol–water partition coefficient (Wildman–Crippen LogP) is 4.15. The molecule has 0 aromatic carbocycles. The molecule has 4 aliphatic rings. The van der Waals surface area contributed by atoms with Crippen molar-refractivity contribution in [2.24, 2.45) is 23.7 Å². The number of hydrogen-bond donors (Lipinski definition) is 2. The molecule has 2 N–H and O–H groups in total. The van der Waals surface area contributed by atoms with Crippen molar-refractivity contribution in [1.29, 1.82) is 0 Å². The molecule has 1 aromatic rings. The fourth-order valence-electron chi connectivity index (χ4n) is 5.95. The highest BCUT2D eigenvalue weighted by molar-refractivity contribution is 5.90. The molecule has 5 heterocycles. The van der Waals surface area contributed by atoms with E-state index in [2.05, 4.69) is 31.1 Å². The Labute approximate surface area is 194 Å². The number of anilines is 1. The van der Waals surface area contributed by atoms with E-state index in [0.29, 0.717) is 18.0 Å².